The van der Waals surface area contributed by atoms with Gasteiger partial charge in [0.05, 0.1) is 0 Å². The van der Waals surface area contributed by atoms with Crippen LogP contribution in [0.4, 0.5) is 8.78 Å². The second-order valence-electron chi connectivity index (χ2n) is 2.46. The summed E-state index contributed by atoms with van der Waals surface area (Å²) >= 11 is 0. The van der Waals surface area contributed by atoms with E-state index in [9.17, 15) is 8.78 Å². The highest BCUT2D eigenvalue weighted by Gasteiger charge is 2.19. The zero-order chi connectivity index (χ0) is 7.44. The quantitative estimate of drug-likeness (QED) is 0.559. The van der Waals surface area contributed by atoms with Crippen molar-refractivity contribution in [1.29, 1.82) is 0 Å². The molecule has 0 heterocycles. The zero-order valence-electron chi connectivity index (χ0n) is 6.20. The van der Waals surface area contributed by atoms with Crippen molar-refractivity contribution in [2.75, 3.05) is 0 Å². The minimum Gasteiger partial charge on any atom is -0.247 e. The summed E-state index contributed by atoms with van der Waals surface area (Å²) in [6.45, 7) is 4.72. The summed E-state index contributed by atoms with van der Waals surface area (Å²) in [6.07, 6.45) is -1.60. The van der Waals surface area contributed by atoms with Gasteiger partial charge in [-0.1, -0.05) is 13.8 Å². The maximum absolute atomic E-state index is 12.5. The number of halogens is 2. The van der Waals surface area contributed by atoms with E-state index in [1.807, 2.05) is 0 Å². The summed E-state index contributed by atoms with van der Waals surface area (Å²) in [7, 11) is 0. The van der Waals surface area contributed by atoms with Crippen LogP contribution >= 0.6 is 0 Å². The van der Waals surface area contributed by atoms with E-state index in [1.165, 1.54) is 6.92 Å². The maximum atomic E-state index is 12.5. The number of hydrogen-bond acceptors (Lipinski definition) is 0. The van der Waals surface area contributed by atoms with Crippen molar-refractivity contribution in [3.63, 3.8) is 0 Å². The van der Waals surface area contributed by atoms with Crippen LogP contribution in [-0.2, 0) is 0 Å². The van der Waals surface area contributed by atoms with Crippen LogP contribution in [0.1, 0.15) is 27.2 Å². The third-order valence-electron chi connectivity index (χ3n) is 1.69. The third kappa shape index (κ3) is 2.78. The van der Waals surface area contributed by atoms with Crippen molar-refractivity contribution in [2.24, 2.45) is 5.92 Å². The normalized spacial score (nSPS) is 21.0. The van der Waals surface area contributed by atoms with Crippen LogP contribution in [0.25, 0.3) is 0 Å². The molecule has 0 aliphatic heterocycles. The summed E-state index contributed by atoms with van der Waals surface area (Å²) in [4.78, 5) is 0. The average Bonchev–Trinajstić information content (AvgIpc) is 1.84. The summed E-state index contributed by atoms with van der Waals surface area (Å²) in [5.41, 5.74) is 0. The van der Waals surface area contributed by atoms with Gasteiger partial charge >= 0.3 is 0 Å². The Morgan fingerprint density at radius 1 is 1.22 bits per heavy atom. The van der Waals surface area contributed by atoms with Crippen molar-refractivity contribution in [3.05, 3.63) is 0 Å². The van der Waals surface area contributed by atoms with Gasteiger partial charge in [0.25, 0.3) is 0 Å². The lowest BCUT2D eigenvalue weighted by Crippen LogP contribution is -2.19. The molecule has 2 unspecified atom stereocenters. The highest BCUT2D eigenvalue weighted by Crippen LogP contribution is 2.16. The van der Waals surface area contributed by atoms with Gasteiger partial charge in [0.1, 0.15) is 12.3 Å². The molecule has 0 rings (SSSR count). The third-order valence-corrected chi connectivity index (χ3v) is 1.69. The molecule has 9 heavy (non-hydrogen) atoms. The van der Waals surface area contributed by atoms with E-state index < -0.39 is 18.3 Å². The highest BCUT2D eigenvalue weighted by atomic mass is 19.1. The Morgan fingerprint density at radius 2 is 1.67 bits per heavy atom. The first-order chi connectivity index (χ1) is 4.09. The highest BCUT2D eigenvalue weighted by molar-refractivity contribution is 4.67. The van der Waals surface area contributed by atoms with Gasteiger partial charge in [-0.15, -0.1) is 0 Å². The lowest BCUT2D eigenvalue weighted by atomic mass is 10.00. The number of hydrogen-bond donors (Lipinski definition) is 0. The minimum atomic E-state index is -1.03. The molecular weight excluding hydrogens is 122 g/mol. The van der Waals surface area contributed by atoms with E-state index in [0.29, 0.717) is 6.42 Å². The lowest BCUT2D eigenvalue weighted by Gasteiger charge is -2.15. The largest absolute Gasteiger partial charge is 0.247 e. The molecule has 0 nitrogen and oxygen atoms in total. The Morgan fingerprint density at radius 3 is 1.78 bits per heavy atom. The summed E-state index contributed by atoms with van der Waals surface area (Å²) < 4.78 is 24.8. The van der Waals surface area contributed by atoms with Gasteiger partial charge in [0, 0.05) is 5.92 Å². The van der Waals surface area contributed by atoms with Gasteiger partial charge in [-0.05, 0) is 13.3 Å². The smallest absolute Gasteiger partial charge is 0.105 e. The van der Waals surface area contributed by atoms with E-state index in [-0.39, 0.29) is 0 Å². The number of rotatable bonds is 3. The molecule has 0 fully saturated rings. The molecule has 0 aromatic rings. The van der Waals surface area contributed by atoms with Crippen LogP contribution < -0.4 is 0 Å². The molecule has 0 aliphatic carbocycles. The molecular formula is C7H14F2. The Bertz CT molecular complexity index is 71.3. The first-order valence-electron chi connectivity index (χ1n) is 3.37. The topological polar surface area (TPSA) is 0 Å². The van der Waals surface area contributed by atoms with E-state index in [2.05, 4.69) is 0 Å². The van der Waals surface area contributed by atoms with Crippen LogP contribution in [-0.4, -0.2) is 12.3 Å². The molecule has 0 spiro atoms. The Balaban J connectivity index is 3.58. The monoisotopic (exact) mass is 136 g/mol. The van der Waals surface area contributed by atoms with Crippen LogP contribution in [0.15, 0.2) is 0 Å². The minimum absolute atomic E-state index is 0.412. The maximum Gasteiger partial charge on any atom is 0.105 e. The molecule has 0 aromatic heterocycles. The van der Waals surface area contributed by atoms with Crippen molar-refractivity contribution in [1.82, 2.24) is 0 Å². The van der Waals surface area contributed by atoms with Crippen LogP contribution in [0.3, 0.4) is 0 Å². The molecule has 0 radical (unpaired) electrons. The molecule has 0 N–H and O–H groups in total. The first kappa shape index (κ1) is 8.86. The predicted octanol–water partition coefficient (Wildman–Crippen LogP) is 2.73. The Kier molecular flexibility index (Phi) is 3.75. The van der Waals surface area contributed by atoms with E-state index >= 15 is 0 Å². The lowest BCUT2D eigenvalue weighted by molar-refractivity contribution is 0.147. The molecule has 0 aliphatic rings. The number of alkyl halides is 2. The summed E-state index contributed by atoms with van der Waals surface area (Å²) in [5, 5.41) is 0. The molecule has 0 amide bonds. The van der Waals surface area contributed by atoms with Crippen molar-refractivity contribution in [3.8, 4) is 0 Å². The fraction of sp³-hybridized carbons (Fsp3) is 1.00. The van der Waals surface area contributed by atoms with E-state index in [4.69, 9.17) is 0 Å². The van der Waals surface area contributed by atoms with E-state index in [1.54, 1.807) is 13.8 Å². The molecule has 0 saturated carbocycles. The molecule has 2 heteroatoms. The first-order valence-corrected chi connectivity index (χ1v) is 3.37. The predicted molar refractivity (Wildman–Crippen MR) is 34.9 cm³/mol. The Hall–Kier alpha value is -0.140. The van der Waals surface area contributed by atoms with Gasteiger partial charge in [-0.3, -0.25) is 0 Å². The van der Waals surface area contributed by atoms with Crippen molar-refractivity contribution in [2.45, 2.75) is 39.5 Å². The summed E-state index contributed by atoms with van der Waals surface area (Å²) in [6, 6.07) is 0. The summed E-state index contributed by atoms with van der Waals surface area (Å²) in [5.74, 6) is -0.449. The Labute approximate surface area is 55.3 Å². The van der Waals surface area contributed by atoms with Gasteiger partial charge in [0.2, 0.25) is 0 Å². The molecule has 0 saturated heterocycles. The second kappa shape index (κ2) is 3.80. The molecule has 0 aromatic carbocycles. The fourth-order valence-corrected chi connectivity index (χ4v) is 0.660. The van der Waals surface area contributed by atoms with Crippen LogP contribution in [0.2, 0.25) is 0 Å². The molecule has 0 bridgehead atoms. The second-order valence-corrected chi connectivity index (χ2v) is 2.46. The van der Waals surface area contributed by atoms with Crippen molar-refractivity contribution >= 4 is 0 Å². The molecule has 3 atom stereocenters. The van der Waals surface area contributed by atoms with Gasteiger partial charge in [-0.25, -0.2) is 8.78 Å². The standard InChI is InChI=1S/C7H14F2/c1-4-7(9)5(2)6(3)8/h5-7H,4H2,1-3H3/t5-,6?,7?/m1/s1. The van der Waals surface area contributed by atoms with Gasteiger partial charge in [0.15, 0.2) is 0 Å². The van der Waals surface area contributed by atoms with Crippen LogP contribution in [0.5, 0.6) is 0 Å². The van der Waals surface area contributed by atoms with Crippen LogP contribution in [0, 0.1) is 5.92 Å². The van der Waals surface area contributed by atoms with Gasteiger partial charge in [-0.2, -0.15) is 0 Å². The van der Waals surface area contributed by atoms with E-state index in [0.717, 1.165) is 0 Å². The molecule has 56 valence electrons. The van der Waals surface area contributed by atoms with Gasteiger partial charge < -0.3 is 0 Å². The average molecular weight is 136 g/mol. The zero-order valence-corrected chi connectivity index (χ0v) is 6.20. The van der Waals surface area contributed by atoms with Crippen molar-refractivity contribution < 1.29 is 8.78 Å². The fourth-order valence-electron chi connectivity index (χ4n) is 0.660. The SMILES string of the molecule is CCC(F)[C@H](C)C(C)F.